The fraction of sp³-hybridized carbons (Fsp3) is 0.226. The van der Waals surface area contributed by atoms with E-state index in [1.807, 2.05) is 38.1 Å². The number of aryl methyl sites for hydroxylation is 3. The van der Waals surface area contributed by atoms with Crippen molar-refractivity contribution in [3.8, 4) is 34.1 Å². The van der Waals surface area contributed by atoms with E-state index < -0.39 is 11.7 Å². The van der Waals surface area contributed by atoms with Crippen LogP contribution in [-0.2, 0) is 22.1 Å². The van der Waals surface area contributed by atoms with Gasteiger partial charge in [0.2, 0.25) is 0 Å². The van der Waals surface area contributed by atoms with Crippen LogP contribution in [-0.4, -0.2) is 17.6 Å². The summed E-state index contributed by atoms with van der Waals surface area (Å²) in [6, 6.07) is 17.6. The van der Waals surface area contributed by atoms with Gasteiger partial charge in [-0.25, -0.2) is 0 Å². The SMILES string of the molecule is CCOC(=O)CCc1ccc(Oc2cc(C)cc(Oc3ccc(C(F)(F)F)cc3-c3cccnc3)c2)cc1C. The summed E-state index contributed by atoms with van der Waals surface area (Å²) in [5.41, 5.74) is 2.85. The normalized spacial score (nSPS) is 11.2. The third kappa shape index (κ3) is 7.37. The maximum absolute atomic E-state index is 13.4. The first-order valence-corrected chi connectivity index (χ1v) is 12.5. The molecule has 0 spiro atoms. The second-order valence-electron chi connectivity index (χ2n) is 9.03. The molecule has 0 radical (unpaired) electrons. The average Bonchev–Trinajstić information content (AvgIpc) is 2.88. The van der Waals surface area contributed by atoms with Crippen molar-refractivity contribution in [3.63, 3.8) is 0 Å². The van der Waals surface area contributed by atoms with E-state index in [2.05, 4.69) is 4.98 Å². The largest absolute Gasteiger partial charge is 0.466 e. The Balaban J connectivity index is 1.56. The number of nitrogens with zero attached hydrogens (tertiary/aromatic N) is 1. The number of halogens is 3. The fourth-order valence-electron chi connectivity index (χ4n) is 4.12. The quantitative estimate of drug-likeness (QED) is 0.201. The fourth-order valence-corrected chi connectivity index (χ4v) is 4.12. The van der Waals surface area contributed by atoms with E-state index in [1.165, 1.54) is 12.3 Å². The highest BCUT2D eigenvalue weighted by Gasteiger charge is 2.31. The van der Waals surface area contributed by atoms with Crippen LogP contribution in [0.1, 0.15) is 35.6 Å². The topological polar surface area (TPSA) is 57.7 Å². The van der Waals surface area contributed by atoms with Crippen molar-refractivity contribution in [2.75, 3.05) is 6.61 Å². The van der Waals surface area contributed by atoms with Crippen molar-refractivity contribution in [2.45, 2.75) is 39.8 Å². The standard InChI is InChI=1S/C31H28F3NO4/c1-4-37-30(36)12-8-22-7-10-25(16-21(22)3)38-26-14-20(2)15-27(18-26)39-29-11-9-24(31(32,33)34)17-28(29)23-6-5-13-35-19-23/h5-7,9-11,13-19H,4,8,12H2,1-3H3. The van der Waals surface area contributed by atoms with Crippen LogP contribution in [0.5, 0.6) is 23.0 Å². The van der Waals surface area contributed by atoms with E-state index in [0.29, 0.717) is 42.3 Å². The predicted octanol–water partition coefficient (Wildman–Crippen LogP) is 8.46. The van der Waals surface area contributed by atoms with Gasteiger partial charge in [0.1, 0.15) is 23.0 Å². The molecule has 5 nitrogen and oxygen atoms in total. The number of hydrogen-bond acceptors (Lipinski definition) is 5. The van der Waals surface area contributed by atoms with E-state index in [1.54, 1.807) is 37.4 Å². The van der Waals surface area contributed by atoms with Gasteiger partial charge in [-0.3, -0.25) is 9.78 Å². The molecule has 0 bridgehead atoms. The van der Waals surface area contributed by atoms with Crippen molar-refractivity contribution in [1.29, 1.82) is 0 Å². The summed E-state index contributed by atoms with van der Waals surface area (Å²) in [7, 11) is 0. The van der Waals surface area contributed by atoms with Crippen LogP contribution in [0.25, 0.3) is 11.1 Å². The highest BCUT2D eigenvalue weighted by Crippen LogP contribution is 2.40. The van der Waals surface area contributed by atoms with E-state index in [0.717, 1.165) is 28.8 Å². The van der Waals surface area contributed by atoms with E-state index in [4.69, 9.17) is 14.2 Å². The molecular formula is C31H28F3NO4. The molecular weight excluding hydrogens is 507 g/mol. The Hall–Kier alpha value is -4.33. The number of rotatable bonds is 9. The van der Waals surface area contributed by atoms with Crippen molar-refractivity contribution in [2.24, 2.45) is 0 Å². The molecule has 3 aromatic carbocycles. The van der Waals surface area contributed by atoms with Gasteiger partial charge in [0, 0.05) is 36.0 Å². The highest BCUT2D eigenvalue weighted by atomic mass is 19.4. The maximum atomic E-state index is 13.4. The smallest absolute Gasteiger partial charge is 0.416 e. The first-order chi connectivity index (χ1) is 18.6. The summed E-state index contributed by atoms with van der Waals surface area (Å²) in [6.45, 7) is 5.96. The number of ether oxygens (including phenoxy) is 3. The van der Waals surface area contributed by atoms with Gasteiger partial charge < -0.3 is 14.2 Å². The van der Waals surface area contributed by atoms with Gasteiger partial charge in [0.25, 0.3) is 0 Å². The lowest BCUT2D eigenvalue weighted by molar-refractivity contribution is -0.143. The van der Waals surface area contributed by atoms with Crippen LogP contribution < -0.4 is 9.47 Å². The summed E-state index contributed by atoms with van der Waals surface area (Å²) in [5.74, 6) is 1.56. The van der Waals surface area contributed by atoms with Crippen LogP contribution in [0.3, 0.4) is 0 Å². The molecule has 202 valence electrons. The van der Waals surface area contributed by atoms with Crippen molar-refractivity contribution in [3.05, 3.63) is 101 Å². The highest BCUT2D eigenvalue weighted by molar-refractivity contribution is 5.71. The predicted molar refractivity (Wildman–Crippen MR) is 142 cm³/mol. The molecule has 4 rings (SSSR count). The number of carbonyl (C=O) groups excluding carboxylic acids is 1. The molecule has 4 aromatic rings. The zero-order chi connectivity index (χ0) is 28.0. The molecule has 0 N–H and O–H groups in total. The molecule has 0 saturated heterocycles. The minimum atomic E-state index is -4.49. The number of carbonyl (C=O) groups is 1. The molecule has 8 heteroatoms. The number of hydrogen-bond donors (Lipinski definition) is 0. The Morgan fingerprint density at radius 2 is 1.67 bits per heavy atom. The lowest BCUT2D eigenvalue weighted by atomic mass is 10.0. The van der Waals surface area contributed by atoms with Gasteiger partial charge in [0.05, 0.1) is 12.2 Å². The zero-order valence-electron chi connectivity index (χ0n) is 21.8. The van der Waals surface area contributed by atoms with Gasteiger partial charge in [0.15, 0.2) is 0 Å². The molecule has 0 aliphatic rings. The van der Waals surface area contributed by atoms with Crippen molar-refractivity contribution < 1.29 is 32.2 Å². The molecule has 0 fully saturated rings. The van der Waals surface area contributed by atoms with Crippen LogP contribution in [0.2, 0.25) is 0 Å². The number of aromatic nitrogens is 1. The molecule has 0 aliphatic heterocycles. The molecule has 0 amide bonds. The average molecular weight is 536 g/mol. The Kier molecular flexibility index (Phi) is 8.54. The minimum absolute atomic E-state index is 0.232. The van der Waals surface area contributed by atoms with E-state index in [-0.39, 0.29) is 17.3 Å². The Labute approximate surface area is 225 Å². The van der Waals surface area contributed by atoms with Gasteiger partial charge >= 0.3 is 12.1 Å². The van der Waals surface area contributed by atoms with Crippen LogP contribution in [0.4, 0.5) is 13.2 Å². The molecule has 0 aliphatic carbocycles. The molecule has 1 heterocycles. The summed E-state index contributed by atoms with van der Waals surface area (Å²) >= 11 is 0. The Morgan fingerprint density at radius 3 is 2.33 bits per heavy atom. The first-order valence-electron chi connectivity index (χ1n) is 12.5. The van der Waals surface area contributed by atoms with Crippen molar-refractivity contribution >= 4 is 5.97 Å². The van der Waals surface area contributed by atoms with Crippen LogP contribution >= 0.6 is 0 Å². The lowest BCUT2D eigenvalue weighted by Gasteiger charge is -2.16. The van der Waals surface area contributed by atoms with Crippen LogP contribution in [0.15, 0.2) is 79.1 Å². The molecule has 1 aromatic heterocycles. The molecule has 0 atom stereocenters. The third-order valence-corrected chi connectivity index (χ3v) is 5.99. The first kappa shape index (κ1) is 27.7. The van der Waals surface area contributed by atoms with Gasteiger partial charge in [-0.1, -0.05) is 12.1 Å². The minimum Gasteiger partial charge on any atom is -0.466 e. The summed E-state index contributed by atoms with van der Waals surface area (Å²) in [4.78, 5) is 15.7. The molecule has 39 heavy (non-hydrogen) atoms. The maximum Gasteiger partial charge on any atom is 0.416 e. The second kappa shape index (κ2) is 12.0. The Bertz CT molecular complexity index is 1450. The molecule has 0 unspecified atom stereocenters. The van der Waals surface area contributed by atoms with Gasteiger partial charge in [-0.2, -0.15) is 13.2 Å². The number of alkyl halides is 3. The number of benzene rings is 3. The number of esters is 1. The van der Waals surface area contributed by atoms with Gasteiger partial charge in [-0.05, 0) is 92.4 Å². The van der Waals surface area contributed by atoms with Crippen LogP contribution in [0, 0.1) is 13.8 Å². The van der Waals surface area contributed by atoms with Crippen molar-refractivity contribution in [1.82, 2.24) is 4.98 Å². The lowest BCUT2D eigenvalue weighted by Crippen LogP contribution is -2.05. The second-order valence-corrected chi connectivity index (χ2v) is 9.03. The van der Waals surface area contributed by atoms with E-state index >= 15 is 0 Å². The third-order valence-electron chi connectivity index (χ3n) is 5.99. The zero-order valence-corrected chi connectivity index (χ0v) is 21.8. The Morgan fingerprint density at radius 1 is 0.897 bits per heavy atom. The molecule has 0 saturated carbocycles. The number of pyridine rings is 1. The summed E-state index contributed by atoms with van der Waals surface area (Å²) < 4.78 is 57.4. The summed E-state index contributed by atoms with van der Waals surface area (Å²) in [6.07, 6.45) is -0.577. The summed E-state index contributed by atoms with van der Waals surface area (Å²) in [5, 5.41) is 0. The van der Waals surface area contributed by atoms with E-state index in [9.17, 15) is 18.0 Å². The monoisotopic (exact) mass is 535 g/mol. The van der Waals surface area contributed by atoms with Gasteiger partial charge in [-0.15, -0.1) is 0 Å².